The van der Waals surface area contributed by atoms with E-state index in [1.165, 1.54) is 116 Å². The molecular formula is C47H72O2. The first-order valence-electron chi connectivity index (χ1n) is 20.1. The van der Waals surface area contributed by atoms with Gasteiger partial charge in [0, 0.05) is 12.8 Å². The van der Waals surface area contributed by atoms with Crippen molar-refractivity contribution in [1.29, 1.82) is 0 Å². The molecule has 0 heterocycles. The summed E-state index contributed by atoms with van der Waals surface area (Å²) >= 11 is 0. The average molecular weight is 669 g/mol. The van der Waals surface area contributed by atoms with Crippen molar-refractivity contribution in [3.8, 4) is 48.4 Å². The van der Waals surface area contributed by atoms with Gasteiger partial charge in [0.25, 0.3) is 0 Å². The van der Waals surface area contributed by atoms with Gasteiger partial charge in [-0.05, 0) is 102 Å². The first-order valence-corrected chi connectivity index (χ1v) is 20.1. The Morgan fingerprint density at radius 3 is 1.16 bits per heavy atom. The van der Waals surface area contributed by atoms with E-state index in [-0.39, 0.29) is 0 Å². The normalized spacial score (nSPS) is 12.6. The van der Waals surface area contributed by atoms with Crippen molar-refractivity contribution in [2.75, 3.05) is 0 Å². The highest BCUT2D eigenvalue weighted by atomic mass is 16.3. The fraction of sp³-hybridized carbons (Fsp3) is 0.660. The van der Waals surface area contributed by atoms with Crippen molar-refractivity contribution in [1.82, 2.24) is 0 Å². The Kier molecular flexibility index (Phi) is 38.9. The highest BCUT2D eigenvalue weighted by Gasteiger charge is 1.95. The van der Waals surface area contributed by atoms with Crippen LogP contribution in [0.4, 0.5) is 0 Å². The number of aliphatic hydroxyl groups excluding tert-OH is 2. The minimum Gasteiger partial charge on any atom is -0.377 e. The second kappa shape index (κ2) is 41.3. The van der Waals surface area contributed by atoms with Crippen LogP contribution in [-0.4, -0.2) is 22.4 Å². The summed E-state index contributed by atoms with van der Waals surface area (Å²) < 4.78 is 0. The Morgan fingerprint density at radius 2 is 0.735 bits per heavy atom. The molecule has 2 atom stereocenters. The van der Waals surface area contributed by atoms with Gasteiger partial charge in [0.05, 0.1) is 0 Å². The third kappa shape index (κ3) is 41.2. The topological polar surface area (TPSA) is 40.5 Å². The van der Waals surface area contributed by atoms with E-state index in [1.54, 1.807) is 6.08 Å². The van der Waals surface area contributed by atoms with Crippen LogP contribution in [0.25, 0.3) is 0 Å². The molecule has 2 N–H and O–H groups in total. The molecule has 0 radical (unpaired) electrons. The summed E-state index contributed by atoms with van der Waals surface area (Å²) in [6.07, 6.45) is 61.4. The fourth-order valence-corrected chi connectivity index (χ4v) is 5.58. The molecule has 0 aromatic heterocycles. The van der Waals surface area contributed by atoms with E-state index in [0.29, 0.717) is 0 Å². The number of aliphatic hydroxyl groups is 2. The predicted octanol–water partition coefficient (Wildman–Crippen LogP) is 12.5. The standard InChI is InChI=1S/C47H72O2/c1-3-5-6-7-8-9-10-11-12-13-14-15-16-17-18-19-20-21-22-23-24-25-26-27-28-29-30-31-35-38-41-44-47(49)45-42-39-36-33-32-34-37-40-43-46(48)4-2/h1-2,5-6,22-23,28-29,40,43,46-49H,7-21,24-27,30-39H2/b6-5?,23-22?,29-28?,43-40+/t46-,47-/m1/s1. The van der Waals surface area contributed by atoms with Crippen LogP contribution in [0.15, 0.2) is 48.6 Å². The molecule has 0 unspecified atom stereocenters. The first kappa shape index (κ1) is 46.1. The zero-order chi connectivity index (χ0) is 35.6. The molecule has 0 aliphatic carbocycles. The summed E-state index contributed by atoms with van der Waals surface area (Å²) in [6.45, 7) is 0. The molecule has 0 bridgehead atoms. The Morgan fingerprint density at radius 1 is 0.408 bits per heavy atom. The maximum absolute atomic E-state index is 9.91. The van der Waals surface area contributed by atoms with E-state index in [0.717, 1.165) is 70.6 Å². The lowest BCUT2D eigenvalue weighted by molar-refractivity contribution is 0.280. The van der Waals surface area contributed by atoms with Crippen LogP contribution in [0.1, 0.15) is 186 Å². The number of hydrogen-bond acceptors (Lipinski definition) is 2. The SMILES string of the molecule is C#CC=CCCCCCCCCCCCCCCCC=CCCCCC=CCCCCC#C[C@@H](O)C#CCCCCCC/C=C/[C@H](O)C#C. The second-order valence-electron chi connectivity index (χ2n) is 13.3. The van der Waals surface area contributed by atoms with Gasteiger partial charge in [0.15, 0.2) is 6.10 Å². The van der Waals surface area contributed by atoms with Gasteiger partial charge in [0.1, 0.15) is 6.10 Å². The third-order valence-corrected chi connectivity index (χ3v) is 8.59. The van der Waals surface area contributed by atoms with Gasteiger partial charge < -0.3 is 10.2 Å². The summed E-state index contributed by atoms with van der Waals surface area (Å²) in [5, 5.41) is 19.2. The highest BCUT2D eigenvalue weighted by Crippen LogP contribution is 2.14. The van der Waals surface area contributed by atoms with Crippen LogP contribution in [-0.2, 0) is 0 Å². The maximum Gasteiger partial charge on any atom is 0.176 e. The zero-order valence-electron chi connectivity index (χ0n) is 31.3. The van der Waals surface area contributed by atoms with E-state index in [2.05, 4.69) is 65.9 Å². The van der Waals surface area contributed by atoms with E-state index >= 15 is 0 Å². The van der Waals surface area contributed by atoms with Gasteiger partial charge in [-0.15, -0.1) is 12.8 Å². The maximum atomic E-state index is 9.91. The lowest BCUT2D eigenvalue weighted by Gasteiger charge is -2.03. The van der Waals surface area contributed by atoms with E-state index in [4.69, 9.17) is 12.8 Å². The van der Waals surface area contributed by atoms with Crippen LogP contribution in [0.2, 0.25) is 0 Å². The molecule has 0 aliphatic rings. The Hall–Kier alpha value is -2.88. The van der Waals surface area contributed by atoms with Crippen LogP contribution < -0.4 is 0 Å². The minimum absolute atomic E-state index is 0.768. The van der Waals surface area contributed by atoms with Crippen molar-refractivity contribution in [3.05, 3.63) is 48.6 Å². The Bertz CT molecular complexity index is 1040. The lowest BCUT2D eigenvalue weighted by atomic mass is 10.0. The second-order valence-corrected chi connectivity index (χ2v) is 13.3. The van der Waals surface area contributed by atoms with Crippen molar-refractivity contribution >= 4 is 0 Å². The monoisotopic (exact) mass is 669 g/mol. The molecule has 0 fully saturated rings. The first-order chi connectivity index (χ1) is 24.2. The smallest absolute Gasteiger partial charge is 0.176 e. The van der Waals surface area contributed by atoms with Crippen LogP contribution in [0.3, 0.4) is 0 Å². The van der Waals surface area contributed by atoms with E-state index < -0.39 is 12.2 Å². The van der Waals surface area contributed by atoms with E-state index in [1.807, 2.05) is 12.2 Å². The molecular weight excluding hydrogens is 597 g/mol. The highest BCUT2D eigenvalue weighted by molar-refractivity contribution is 5.19. The Labute approximate surface area is 304 Å². The molecule has 0 saturated heterocycles. The van der Waals surface area contributed by atoms with Gasteiger partial charge in [-0.25, -0.2) is 0 Å². The number of rotatable bonds is 32. The van der Waals surface area contributed by atoms with Crippen LogP contribution in [0, 0.1) is 48.4 Å². The average Bonchev–Trinajstić information content (AvgIpc) is 3.11. The lowest BCUT2D eigenvalue weighted by Crippen LogP contribution is -1.97. The number of terminal acetylenes is 2. The summed E-state index contributed by atoms with van der Waals surface area (Å²) in [6, 6.07) is 0. The van der Waals surface area contributed by atoms with Gasteiger partial charge in [-0.2, -0.15) is 0 Å². The Balaban J connectivity index is 3.40. The summed E-state index contributed by atoms with van der Waals surface area (Å²) in [4.78, 5) is 0. The molecule has 0 aliphatic heterocycles. The van der Waals surface area contributed by atoms with Gasteiger partial charge in [-0.1, -0.05) is 155 Å². The minimum atomic E-state index is -0.831. The summed E-state index contributed by atoms with van der Waals surface area (Å²) in [7, 11) is 0. The van der Waals surface area contributed by atoms with Gasteiger partial charge in [-0.3, -0.25) is 0 Å². The molecule has 2 nitrogen and oxygen atoms in total. The predicted molar refractivity (Wildman–Crippen MR) is 216 cm³/mol. The number of hydrogen-bond donors (Lipinski definition) is 2. The third-order valence-electron chi connectivity index (χ3n) is 8.59. The molecule has 0 saturated carbocycles. The van der Waals surface area contributed by atoms with Crippen molar-refractivity contribution < 1.29 is 10.2 Å². The van der Waals surface area contributed by atoms with E-state index in [9.17, 15) is 10.2 Å². The zero-order valence-corrected chi connectivity index (χ0v) is 31.3. The number of allylic oxidation sites excluding steroid dienone is 7. The molecule has 0 aromatic rings. The van der Waals surface area contributed by atoms with Gasteiger partial charge in [0.2, 0.25) is 0 Å². The summed E-state index contributed by atoms with van der Waals surface area (Å²) in [5.74, 6) is 16.6. The van der Waals surface area contributed by atoms with Crippen molar-refractivity contribution in [2.45, 2.75) is 198 Å². The molecule has 49 heavy (non-hydrogen) atoms. The molecule has 2 heteroatoms. The molecule has 0 amide bonds. The molecule has 272 valence electrons. The largest absolute Gasteiger partial charge is 0.377 e. The molecule has 0 aromatic carbocycles. The van der Waals surface area contributed by atoms with Crippen LogP contribution in [0.5, 0.6) is 0 Å². The molecule has 0 spiro atoms. The van der Waals surface area contributed by atoms with Crippen LogP contribution >= 0.6 is 0 Å². The van der Waals surface area contributed by atoms with Crippen molar-refractivity contribution in [3.63, 3.8) is 0 Å². The quantitative estimate of drug-likeness (QED) is 0.0425. The molecule has 0 rings (SSSR count). The van der Waals surface area contributed by atoms with Gasteiger partial charge >= 0.3 is 0 Å². The number of unbranched alkanes of at least 4 members (excludes halogenated alkanes) is 25. The fourth-order valence-electron chi connectivity index (χ4n) is 5.58. The summed E-state index contributed by atoms with van der Waals surface area (Å²) in [5.41, 5.74) is 0. The van der Waals surface area contributed by atoms with Crippen molar-refractivity contribution in [2.24, 2.45) is 0 Å².